The summed E-state index contributed by atoms with van der Waals surface area (Å²) in [5.74, 6) is -0.773. The molecule has 11 heteroatoms. The van der Waals surface area contributed by atoms with Crippen LogP contribution in [0.15, 0.2) is 38.8 Å². The maximum absolute atomic E-state index is 12.7. The standard InChI is InChI=1S/C14H13N5O6/c1-3-25-11(20)14(9-4-6-10(7-5-9)19(23)24)16-8(2)17-12(21)15-13(22)18(14)17/h4-7H,3H2,1-2H3,(H,15,21,22). The van der Waals surface area contributed by atoms with Gasteiger partial charge in [0.15, 0.2) is 0 Å². The summed E-state index contributed by atoms with van der Waals surface area (Å²) in [5.41, 5.74) is -3.61. The first-order chi connectivity index (χ1) is 11.8. The number of aliphatic imine (C=N–C) groups is 1. The van der Waals surface area contributed by atoms with Crippen LogP contribution in [0.1, 0.15) is 19.4 Å². The van der Waals surface area contributed by atoms with Crippen molar-refractivity contribution in [2.75, 3.05) is 6.61 Å². The molecule has 130 valence electrons. The maximum atomic E-state index is 12.7. The third-order valence-electron chi connectivity index (χ3n) is 3.78. The number of esters is 1. The molecule has 0 radical (unpaired) electrons. The number of benzene rings is 1. The van der Waals surface area contributed by atoms with E-state index >= 15 is 0 Å². The van der Waals surface area contributed by atoms with Crippen LogP contribution in [0.25, 0.3) is 0 Å². The van der Waals surface area contributed by atoms with Crippen LogP contribution >= 0.6 is 0 Å². The van der Waals surface area contributed by atoms with Crippen LogP contribution in [0, 0.1) is 10.1 Å². The fraction of sp³-hybridized carbons (Fsp3) is 0.286. The van der Waals surface area contributed by atoms with Crippen molar-refractivity contribution in [2.24, 2.45) is 4.99 Å². The van der Waals surface area contributed by atoms with Crippen LogP contribution in [-0.4, -0.2) is 37.7 Å². The second-order valence-electron chi connectivity index (χ2n) is 5.21. The first kappa shape index (κ1) is 16.4. The molecule has 0 saturated carbocycles. The van der Waals surface area contributed by atoms with E-state index in [1.165, 1.54) is 31.2 Å². The van der Waals surface area contributed by atoms with Crippen molar-refractivity contribution in [3.63, 3.8) is 0 Å². The van der Waals surface area contributed by atoms with Gasteiger partial charge in [-0.25, -0.2) is 19.4 Å². The largest absolute Gasteiger partial charge is 0.462 e. The Morgan fingerprint density at radius 2 is 1.96 bits per heavy atom. The summed E-state index contributed by atoms with van der Waals surface area (Å²) < 4.78 is 6.84. The van der Waals surface area contributed by atoms with Gasteiger partial charge >= 0.3 is 17.3 Å². The molecular weight excluding hydrogens is 334 g/mol. The number of rotatable bonds is 4. The van der Waals surface area contributed by atoms with Crippen LogP contribution in [0.4, 0.5) is 5.69 Å². The Balaban J connectivity index is 2.32. The molecule has 0 saturated heterocycles. The zero-order valence-corrected chi connectivity index (χ0v) is 13.3. The van der Waals surface area contributed by atoms with Crippen molar-refractivity contribution in [2.45, 2.75) is 19.5 Å². The monoisotopic (exact) mass is 347 g/mol. The molecular formula is C14H13N5O6. The number of ether oxygens (including phenoxy) is 1. The molecule has 1 aliphatic rings. The lowest BCUT2D eigenvalue weighted by atomic mass is 10.00. The molecule has 1 aromatic carbocycles. The molecule has 1 atom stereocenters. The van der Waals surface area contributed by atoms with E-state index < -0.39 is 27.9 Å². The topological polar surface area (TPSA) is 142 Å². The number of fused-ring (bicyclic) bond motifs is 1. The summed E-state index contributed by atoms with van der Waals surface area (Å²) in [5, 5.41) is 10.8. The lowest BCUT2D eigenvalue weighted by molar-refractivity contribution is -0.384. The molecule has 3 rings (SSSR count). The summed E-state index contributed by atoms with van der Waals surface area (Å²) in [6, 6.07) is 4.95. The molecule has 0 fully saturated rings. The Bertz CT molecular complexity index is 1010. The zero-order chi connectivity index (χ0) is 18.4. The molecule has 0 aliphatic carbocycles. The Morgan fingerprint density at radius 1 is 1.32 bits per heavy atom. The molecule has 1 unspecified atom stereocenters. The van der Waals surface area contributed by atoms with Gasteiger partial charge in [-0.2, -0.15) is 9.36 Å². The van der Waals surface area contributed by atoms with Gasteiger partial charge in [-0.15, -0.1) is 0 Å². The molecule has 1 N–H and O–H groups in total. The lowest BCUT2D eigenvalue weighted by Crippen LogP contribution is -2.47. The van der Waals surface area contributed by atoms with Gasteiger partial charge in [-0.3, -0.25) is 15.1 Å². The minimum Gasteiger partial charge on any atom is -0.462 e. The van der Waals surface area contributed by atoms with Gasteiger partial charge in [0.2, 0.25) is 0 Å². The van der Waals surface area contributed by atoms with Gasteiger partial charge in [0, 0.05) is 17.7 Å². The molecule has 0 spiro atoms. The van der Waals surface area contributed by atoms with Gasteiger partial charge in [0.25, 0.3) is 11.4 Å². The van der Waals surface area contributed by atoms with E-state index in [-0.39, 0.29) is 23.7 Å². The molecule has 0 bridgehead atoms. The minimum absolute atomic E-state index is 0.0194. The van der Waals surface area contributed by atoms with Crippen molar-refractivity contribution < 1.29 is 14.5 Å². The number of nitro benzene ring substituents is 1. The zero-order valence-electron chi connectivity index (χ0n) is 13.3. The molecule has 11 nitrogen and oxygen atoms in total. The molecule has 1 aliphatic heterocycles. The molecule has 1 aromatic heterocycles. The third kappa shape index (κ3) is 2.20. The Kier molecular flexibility index (Phi) is 3.63. The highest BCUT2D eigenvalue weighted by atomic mass is 16.6. The molecule has 2 aromatic rings. The number of hydrogen-bond donors (Lipinski definition) is 1. The quantitative estimate of drug-likeness (QED) is 0.461. The van der Waals surface area contributed by atoms with Crippen molar-refractivity contribution in [3.05, 3.63) is 60.9 Å². The Labute approximate surface area is 139 Å². The van der Waals surface area contributed by atoms with Crippen LogP contribution < -0.4 is 11.4 Å². The number of aromatic amines is 1. The SMILES string of the molecule is CCOC(=O)C1(c2ccc([N+](=O)[O-])cc2)N=C(C)n2c(=O)[nH]c(=O)n21. The predicted molar refractivity (Wildman–Crippen MR) is 84.6 cm³/mol. The van der Waals surface area contributed by atoms with Crippen LogP contribution in [-0.2, 0) is 15.2 Å². The van der Waals surface area contributed by atoms with Gasteiger partial charge in [0.1, 0.15) is 5.84 Å². The molecule has 0 amide bonds. The van der Waals surface area contributed by atoms with Crippen LogP contribution in [0.3, 0.4) is 0 Å². The maximum Gasteiger partial charge on any atom is 0.362 e. The predicted octanol–water partition coefficient (Wildman–Crippen LogP) is -0.209. The summed E-state index contributed by atoms with van der Waals surface area (Å²) in [6.07, 6.45) is 0. The van der Waals surface area contributed by atoms with Gasteiger partial charge in [0.05, 0.1) is 11.5 Å². The summed E-state index contributed by atoms with van der Waals surface area (Å²) in [6.45, 7) is 3.06. The number of non-ortho nitro benzene ring substituents is 1. The number of carbonyl (C=O) groups excluding carboxylic acids is 1. The smallest absolute Gasteiger partial charge is 0.362 e. The highest BCUT2D eigenvalue weighted by Crippen LogP contribution is 2.33. The van der Waals surface area contributed by atoms with Crippen molar-refractivity contribution in [1.82, 2.24) is 14.3 Å². The first-order valence-electron chi connectivity index (χ1n) is 7.26. The molecule has 2 heterocycles. The average molecular weight is 347 g/mol. The number of nitro groups is 1. The van der Waals surface area contributed by atoms with E-state index in [1.54, 1.807) is 6.92 Å². The minimum atomic E-state index is -1.97. The highest BCUT2D eigenvalue weighted by molar-refractivity contribution is 5.92. The van der Waals surface area contributed by atoms with E-state index in [4.69, 9.17) is 4.74 Å². The fourth-order valence-corrected chi connectivity index (χ4v) is 2.78. The summed E-state index contributed by atoms with van der Waals surface area (Å²) in [4.78, 5) is 53.4. The number of nitrogens with zero attached hydrogens (tertiary/aromatic N) is 4. The van der Waals surface area contributed by atoms with Gasteiger partial charge in [-0.05, 0) is 26.0 Å². The van der Waals surface area contributed by atoms with Gasteiger partial charge < -0.3 is 4.74 Å². The van der Waals surface area contributed by atoms with E-state index in [0.717, 1.165) is 9.36 Å². The highest BCUT2D eigenvalue weighted by Gasteiger charge is 2.51. The lowest BCUT2D eigenvalue weighted by Gasteiger charge is -2.24. The van der Waals surface area contributed by atoms with Crippen molar-refractivity contribution in [1.29, 1.82) is 0 Å². The van der Waals surface area contributed by atoms with E-state index in [1.807, 2.05) is 0 Å². The number of hydrogen-bond acceptors (Lipinski definition) is 7. The second-order valence-corrected chi connectivity index (χ2v) is 5.21. The average Bonchev–Trinajstić information content (AvgIpc) is 3.05. The van der Waals surface area contributed by atoms with Crippen LogP contribution in [0.2, 0.25) is 0 Å². The second kappa shape index (κ2) is 5.54. The molecule has 25 heavy (non-hydrogen) atoms. The van der Waals surface area contributed by atoms with Crippen molar-refractivity contribution >= 4 is 17.5 Å². The van der Waals surface area contributed by atoms with E-state index in [0.29, 0.717) is 0 Å². The number of aromatic nitrogens is 3. The van der Waals surface area contributed by atoms with E-state index in [9.17, 15) is 24.5 Å². The summed E-state index contributed by atoms with van der Waals surface area (Å²) >= 11 is 0. The summed E-state index contributed by atoms with van der Waals surface area (Å²) in [7, 11) is 0. The normalized spacial score (nSPS) is 18.6. The number of H-pyrrole nitrogens is 1. The fourth-order valence-electron chi connectivity index (χ4n) is 2.78. The van der Waals surface area contributed by atoms with Gasteiger partial charge in [-0.1, -0.05) is 0 Å². The van der Waals surface area contributed by atoms with Crippen molar-refractivity contribution in [3.8, 4) is 0 Å². The number of nitrogens with one attached hydrogen (secondary N) is 1. The number of carbonyl (C=O) groups is 1. The first-order valence-corrected chi connectivity index (χ1v) is 7.26. The Morgan fingerprint density at radius 3 is 2.52 bits per heavy atom. The van der Waals surface area contributed by atoms with E-state index in [2.05, 4.69) is 9.98 Å². The van der Waals surface area contributed by atoms with Crippen LogP contribution in [0.5, 0.6) is 0 Å². The Hall–Kier alpha value is -3.50. The third-order valence-corrected chi connectivity index (χ3v) is 3.78.